The number of non-ortho nitro benzene ring substituents is 1. The first-order chi connectivity index (χ1) is 11.0. The molecule has 0 atom stereocenters. The van der Waals surface area contributed by atoms with Gasteiger partial charge in [0, 0.05) is 18.7 Å². The molecule has 3 rings (SSSR count). The van der Waals surface area contributed by atoms with Gasteiger partial charge in [0.25, 0.3) is 17.5 Å². The first-order valence-electron chi connectivity index (χ1n) is 6.81. The van der Waals surface area contributed by atoms with Gasteiger partial charge in [0.2, 0.25) is 0 Å². The third-order valence-corrected chi connectivity index (χ3v) is 4.31. The fraction of sp³-hybridized carbons (Fsp3) is 0.200. The van der Waals surface area contributed by atoms with Crippen molar-refractivity contribution in [3.05, 3.63) is 61.8 Å². The molecule has 1 aliphatic heterocycles. The van der Waals surface area contributed by atoms with Gasteiger partial charge in [0.15, 0.2) is 0 Å². The van der Waals surface area contributed by atoms with Crippen molar-refractivity contribution in [1.29, 1.82) is 0 Å². The van der Waals surface area contributed by atoms with Crippen molar-refractivity contribution in [2.24, 2.45) is 0 Å². The molecule has 0 fully saturated rings. The number of amides is 2. The second-order valence-corrected chi connectivity index (χ2v) is 6.09. The van der Waals surface area contributed by atoms with E-state index in [1.807, 2.05) is 28.8 Å². The Bertz CT molecular complexity index is 788. The monoisotopic (exact) mass is 331 g/mol. The van der Waals surface area contributed by atoms with Crippen LogP contribution >= 0.6 is 11.3 Å². The lowest BCUT2D eigenvalue weighted by Gasteiger charge is -2.22. The highest BCUT2D eigenvalue weighted by atomic mass is 32.1. The van der Waals surface area contributed by atoms with Gasteiger partial charge in [-0.1, -0.05) is 0 Å². The Morgan fingerprint density at radius 1 is 1.22 bits per heavy atom. The summed E-state index contributed by atoms with van der Waals surface area (Å²) in [7, 11) is 1.81. The maximum atomic E-state index is 12.4. The van der Waals surface area contributed by atoms with E-state index in [9.17, 15) is 19.7 Å². The van der Waals surface area contributed by atoms with Gasteiger partial charge in [-0.25, -0.2) is 0 Å². The molecule has 2 amide bonds. The smallest absolute Gasteiger partial charge is 0.270 e. The highest BCUT2D eigenvalue weighted by molar-refractivity contribution is 7.07. The van der Waals surface area contributed by atoms with E-state index in [2.05, 4.69) is 0 Å². The molecule has 1 aromatic heterocycles. The first-order valence-corrected chi connectivity index (χ1v) is 7.76. The number of nitro groups is 1. The van der Waals surface area contributed by atoms with E-state index in [0.29, 0.717) is 6.54 Å². The van der Waals surface area contributed by atoms with Crippen LogP contribution in [0.4, 0.5) is 5.69 Å². The average molecular weight is 331 g/mol. The zero-order valence-electron chi connectivity index (χ0n) is 12.3. The summed E-state index contributed by atoms with van der Waals surface area (Å²) >= 11 is 1.58. The average Bonchev–Trinajstić information content (AvgIpc) is 3.10. The summed E-state index contributed by atoms with van der Waals surface area (Å²) in [6, 6.07) is 5.72. The molecular formula is C15H13N3O4S. The van der Waals surface area contributed by atoms with Gasteiger partial charge in [0.05, 0.1) is 22.7 Å². The Balaban J connectivity index is 1.78. The van der Waals surface area contributed by atoms with Crippen LogP contribution in [-0.4, -0.2) is 40.3 Å². The molecule has 1 aromatic carbocycles. The molecule has 0 aliphatic carbocycles. The fourth-order valence-electron chi connectivity index (χ4n) is 2.51. The lowest BCUT2D eigenvalue weighted by Crippen LogP contribution is -2.39. The number of hydrogen-bond donors (Lipinski definition) is 0. The van der Waals surface area contributed by atoms with Crippen LogP contribution in [0.2, 0.25) is 0 Å². The molecule has 2 aromatic rings. The lowest BCUT2D eigenvalue weighted by atomic mass is 10.1. The Labute approximate surface area is 135 Å². The van der Waals surface area contributed by atoms with E-state index in [1.54, 1.807) is 11.3 Å². The number of benzene rings is 1. The van der Waals surface area contributed by atoms with Gasteiger partial charge in [-0.2, -0.15) is 11.3 Å². The topological polar surface area (TPSA) is 83.8 Å². The minimum absolute atomic E-state index is 0.0909. The SMILES string of the molecule is CN(Cc1ccsc1)CN1C(=O)c2ccc([N+](=O)[O-])cc2C1=O. The summed E-state index contributed by atoms with van der Waals surface area (Å²) in [5.74, 6) is -0.914. The summed E-state index contributed by atoms with van der Waals surface area (Å²) in [6.07, 6.45) is 0. The Morgan fingerprint density at radius 2 is 1.96 bits per heavy atom. The molecule has 23 heavy (non-hydrogen) atoms. The highest BCUT2D eigenvalue weighted by Gasteiger charge is 2.37. The molecular weight excluding hydrogens is 318 g/mol. The van der Waals surface area contributed by atoms with Crippen molar-refractivity contribution in [2.75, 3.05) is 13.7 Å². The molecule has 0 bridgehead atoms. The predicted molar refractivity (Wildman–Crippen MR) is 84.2 cm³/mol. The van der Waals surface area contributed by atoms with Crippen LogP contribution in [0.3, 0.4) is 0 Å². The summed E-state index contributed by atoms with van der Waals surface area (Å²) < 4.78 is 0. The molecule has 118 valence electrons. The van der Waals surface area contributed by atoms with Gasteiger partial charge < -0.3 is 0 Å². The number of rotatable bonds is 5. The van der Waals surface area contributed by atoms with Crippen molar-refractivity contribution in [3.63, 3.8) is 0 Å². The second kappa shape index (κ2) is 5.90. The summed E-state index contributed by atoms with van der Waals surface area (Å²) in [5, 5.41) is 14.8. The molecule has 0 saturated carbocycles. The number of carbonyl (C=O) groups excluding carboxylic acids is 2. The van der Waals surface area contributed by atoms with E-state index in [4.69, 9.17) is 0 Å². The van der Waals surface area contributed by atoms with Crippen molar-refractivity contribution < 1.29 is 14.5 Å². The fourth-order valence-corrected chi connectivity index (χ4v) is 3.17. The van der Waals surface area contributed by atoms with Gasteiger partial charge in [0.1, 0.15) is 0 Å². The van der Waals surface area contributed by atoms with Gasteiger partial charge >= 0.3 is 0 Å². The van der Waals surface area contributed by atoms with E-state index in [-0.39, 0.29) is 23.5 Å². The molecule has 0 spiro atoms. The van der Waals surface area contributed by atoms with E-state index < -0.39 is 16.7 Å². The van der Waals surface area contributed by atoms with Crippen molar-refractivity contribution in [2.45, 2.75) is 6.54 Å². The van der Waals surface area contributed by atoms with E-state index >= 15 is 0 Å². The normalized spacial score (nSPS) is 13.7. The maximum Gasteiger partial charge on any atom is 0.270 e. The first kappa shape index (κ1) is 15.3. The van der Waals surface area contributed by atoms with Gasteiger partial charge in [-0.3, -0.25) is 29.5 Å². The lowest BCUT2D eigenvalue weighted by molar-refractivity contribution is -0.384. The van der Waals surface area contributed by atoms with Crippen LogP contribution < -0.4 is 0 Å². The van der Waals surface area contributed by atoms with Crippen LogP contribution in [-0.2, 0) is 6.54 Å². The quantitative estimate of drug-likeness (QED) is 0.477. The predicted octanol–water partition coefficient (Wildman–Crippen LogP) is 2.34. The zero-order valence-corrected chi connectivity index (χ0v) is 13.1. The number of nitro benzene ring substituents is 1. The molecule has 0 radical (unpaired) electrons. The van der Waals surface area contributed by atoms with Crippen LogP contribution in [0.25, 0.3) is 0 Å². The van der Waals surface area contributed by atoms with Crippen LogP contribution in [0.1, 0.15) is 26.3 Å². The van der Waals surface area contributed by atoms with E-state index in [0.717, 1.165) is 16.5 Å². The van der Waals surface area contributed by atoms with Gasteiger partial charge in [-0.15, -0.1) is 0 Å². The molecule has 0 unspecified atom stereocenters. The number of nitrogens with zero attached hydrogens (tertiary/aromatic N) is 3. The molecule has 7 nitrogen and oxygen atoms in total. The molecule has 2 heterocycles. The summed E-state index contributed by atoms with van der Waals surface area (Å²) in [6.45, 7) is 0.743. The minimum atomic E-state index is -0.580. The zero-order chi connectivity index (χ0) is 16.6. The summed E-state index contributed by atoms with van der Waals surface area (Å²) in [4.78, 5) is 37.9. The van der Waals surface area contributed by atoms with Gasteiger partial charge in [-0.05, 0) is 35.5 Å². The van der Waals surface area contributed by atoms with Crippen molar-refractivity contribution in [1.82, 2.24) is 9.80 Å². The molecule has 8 heteroatoms. The second-order valence-electron chi connectivity index (χ2n) is 5.31. The Kier molecular flexibility index (Phi) is 3.93. The third kappa shape index (κ3) is 2.86. The molecule has 1 aliphatic rings. The number of hydrogen-bond acceptors (Lipinski definition) is 6. The number of thiophene rings is 1. The standard InChI is InChI=1S/C15H13N3O4S/c1-16(7-10-4-5-23-8-10)9-17-14(19)12-3-2-11(18(21)22)6-13(12)15(17)20/h2-6,8H,7,9H2,1H3. The van der Waals surface area contributed by atoms with Crippen LogP contribution in [0.5, 0.6) is 0 Å². The van der Waals surface area contributed by atoms with Crippen molar-refractivity contribution in [3.8, 4) is 0 Å². The van der Waals surface area contributed by atoms with E-state index in [1.165, 1.54) is 12.1 Å². The van der Waals surface area contributed by atoms with Crippen molar-refractivity contribution >= 4 is 28.8 Å². The number of imide groups is 1. The number of carbonyl (C=O) groups is 2. The largest absolute Gasteiger partial charge is 0.284 e. The highest BCUT2D eigenvalue weighted by Crippen LogP contribution is 2.27. The third-order valence-electron chi connectivity index (χ3n) is 3.58. The Morgan fingerprint density at radius 3 is 2.61 bits per heavy atom. The molecule has 0 saturated heterocycles. The van der Waals surface area contributed by atoms with Crippen LogP contribution in [0, 0.1) is 10.1 Å². The minimum Gasteiger partial charge on any atom is -0.284 e. The molecule has 0 N–H and O–H groups in total. The van der Waals surface area contributed by atoms with Crippen LogP contribution in [0.15, 0.2) is 35.0 Å². The number of fused-ring (bicyclic) bond motifs is 1. The summed E-state index contributed by atoms with van der Waals surface area (Å²) in [5.41, 5.74) is 1.21. The maximum absolute atomic E-state index is 12.4. The Hall–Kier alpha value is -2.58.